The van der Waals surface area contributed by atoms with Crippen LogP contribution in [0, 0.1) is 0 Å². The first-order valence-corrected chi connectivity index (χ1v) is 11.5. The van der Waals surface area contributed by atoms with Gasteiger partial charge in [0.05, 0.1) is 5.52 Å². The summed E-state index contributed by atoms with van der Waals surface area (Å²) in [6.07, 6.45) is 8.15. The Morgan fingerprint density at radius 2 is 1.67 bits per heavy atom. The lowest BCUT2D eigenvalue weighted by molar-refractivity contribution is 0.615. The van der Waals surface area contributed by atoms with Gasteiger partial charge in [0.15, 0.2) is 0 Å². The summed E-state index contributed by atoms with van der Waals surface area (Å²) < 4.78 is 2.63. The van der Waals surface area contributed by atoms with Crippen LogP contribution >= 0.6 is 11.3 Å². The first kappa shape index (κ1) is 19.0. The predicted octanol–water partition coefficient (Wildman–Crippen LogP) is 6.68. The molecular weight excluding hydrogens is 388 g/mol. The van der Waals surface area contributed by atoms with Gasteiger partial charge in [-0.3, -0.25) is 9.36 Å². The zero-order valence-electron chi connectivity index (χ0n) is 16.9. The average Bonchev–Trinajstić information content (AvgIpc) is 3.29. The van der Waals surface area contributed by atoms with Crippen LogP contribution in [0.2, 0.25) is 0 Å². The van der Waals surface area contributed by atoms with Gasteiger partial charge in [0.2, 0.25) is 0 Å². The topological polar surface area (TPSA) is 34.9 Å². The van der Waals surface area contributed by atoms with Crippen molar-refractivity contribution < 1.29 is 0 Å². The molecule has 5 rings (SSSR count). The van der Waals surface area contributed by atoms with Gasteiger partial charge in [0.1, 0.15) is 10.5 Å². The van der Waals surface area contributed by atoms with Crippen molar-refractivity contribution in [1.82, 2.24) is 9.55 Å². The highest BCUT2D eigenvalue weighted by atomic mass is 32.1. The second-order valence-electron chi connectivity index (χ2n) is 7.83. The van der Waals surface area contributed by atoms with Crippen LogP contribution in [0.15, 0.2) is 82.5 Å². The summed E-state index contributed by atoms with van der Waals surface area (Å²) in [6, 6.07) is 20.7. The number of rotatable bonds is 5. The summed E-state index contributed by atoms with van der Waals surface area (Å²) in [5, 5.41) is 1.95. The molecule has 2 aromatic carbocycles. The molecule has 0 amide bonds. The lowest BCUT2D eigenvalue weighted by Gasteiger charge is -2.16. The third-order valence-corrected chi connectivity index (χ3v) is 6.75. The van der Waals surface area contributed by atoms with Gasteiger partial charge >= 0.3 is 0 Å². The number of fused-ring (bicyclic) bond motifs is 1. The summed E-state index contributed by atoms with van der Waals surface area (Å²) in [7, 11) is 0. The van der Waals surface area contributed by atoms with Crippen molar-refractivity contribution in [3.8, 4) is 22.5 Å². The van der Waals surface area contributed by atoms with E-state index >= 15 is 0 Å². The molecule has 0 bridgehead atoms. The van der Waals surface area contributed by atoms with E-state index in [0.717, 1.165) is 40.0 Å². The minimum Gasteiger partial charge on any atom is -0.291 e. The number of aromatic nitrogens is 2. The number of thiophene rings is 1. The molecule has 3 nitrogen and oxygen atoms in total. The minimum absolute atomic E-state index is 0.0774. The molecule has 0 saturated carbocycles. The van der Waals surface area contributed by atoms with Crippen molar-refractivity contribution in [1.29, 1.82) is 0 Å². The minimum atomic E-state index is 0.0774. The predicted molar refractivity (Wildman–Crippen MR) is 126 cm³/mol. The molecule has 0 atom stereocenters. The van der Waals surface area contributed by atoms with Crippen LogP contribution in [-0.2, 0) is 6.54 Å². The van der Waals surface area contributed by atoms with E-state index < -0.39 is 0 Å². The molecule has 0 fully saturated rings. The van der Waals surface area contributed by atoms with Gasteiger partial charge in [0.25, 0.3) is 5.56 Å². The summed E-state index contributed by atoms with van der Waals surface area (Å²) in [6.45, 7) is 0.682. The van der Waals surface area contributed by atoms with Crippen molar-refractivity contribution in [3.05, 3.63) is 88.0 Å². The van der Waals surface area contributed by atoms with Gasteiger partial charge in [-0.1, -0.05) is 66.2 Å². The SMILES string of the molecule is O=c1c2sccc2nc(-c2ccc(-c3ccccc3)cc2)n1CCC1=CCCCC1. The van der Waals surface area contributed by atoms with Crippen molar-refractivity contribution in [2.24, 2.45) is 0 Å². The molecule has 4 aromatic rings. The lowest BCUT2D eigenvalue weighted by atomic mass is 9.97. The monoisotopic (exact) mass is 412 g/mol. The van der Waals surface area contributed by atoms with Gasteiger partial charge in [-0.2, -0.15) is 0 Å². The van der Waals surface area contributed by atoms with E-state index in [9.17, 15) is 4.79 Å². The smallest absolute Gasteiger partial charge is 0.271 e. The van der Waals surface area contributed by atoms with Gasteiger partial charge in [-0.25, -0.2) is 4.98 Å². The second-order valence-corrected chi connectivity index (χ2v) is 8.74. The molecule has 4 heteroatoms. The molecule has 2 aromatic heterocycles. The number of allylic oxidation sites excluding steroid dienone is 2. The standard InChI is InChI=1S/C26H24N2OS/c29-26-24-23(16-18-30-24)27-25(28(26)17-15-19-7-3-1-4-8-19)22-13-11-21(12-14-22)20-9-5-2-6-10-20/h2,5-7,9-14,16,18H,1,3-4,8,15,17H2. The Morgan fingerprint density at radius 1 is 0.900 bits per heavy atom. The van der Waals surface area contributed by atoms with Crippen LogP contribution in [0.4, 0.5) is 0 Å². The van der Waals surface area contributed by atoms with E-state index in [1.807, 2.05) is 34.2 Å². The maximum absolute atomic E-state index is 13.3. The Kier molecular flexibility index (Phi) is 5.33. The quantitative estimate of drug-likeness (QED) is 0.343. The zero-order chi connectivity index (χ0) is 20.3. The van der Waals surface area contributed by atoms with Crippen molar-refractivity contribution in [2.45, 2.75) is 38.6 Å². The Hall–Kier alpha value is -2.98. The van der Waals surface area contributed by atoms with Crippen LogP contribution < -0.4 is 5.56 Å². The van der Waals surface area contributed by atoms with Gasteiger partial charge in [-0.15, -0.1) is 11.3 Å². The fraction of sp³-hybridized carbons (Fsp3) is 0.231. The molecular formula is C26H24N2OS. The van der Waals surface area contributed by atoms with Crippen LogP contribution in [0.3, 0.4) is 0 Å². The third-order valence-electron chi connectivity index (χ3n) is 5.86. The lowest BCUT2D eigenvalue weighted by Crippen LogP contribution is -2.23. The molecule has 0 saturated heterocycles. The van der Waals surface area contributed by atoms with Crippen LogP contribution in [0.5, 0.6) is 0 Å². The molecule has 0 unspecified atom stereocenters. The summed E-state index contributed by atoms with van der Waals surface area (Å²) in [5.41, 5.74) is 5.68. The van der Waals surface area contributed by atoms with Crippen LogP contribution in [-0.4, -0.2) is 9.55 Å². The van der Waals surface area contributed by atoms with E-state index in [0.29, 0.717) is 6.54 Å². The summed E-state index contributed by atoms with van der Waals surface area (Å²) >= 11 is 1.48. The number of nitrogens with zero attached hydrogens (tertiary/aromatic N) is 2. The maximum atomic E-state index is 13.3. The molecule has 0 N–H and O–H groups in total. The second kappa shape index (κ2) is 8.41. The molecule has 1 aliphatic carbocycles. The Balaban J connectivity index is 1.54. The highest BCUT2D eigenvalue weighted by molar-refractivity contribution is 7.17. The molecule has 150 valence electrons. The van der Waals surface area contributed by atoms with Crippen LogP contribution in [0.25, 0.3) is 32.7 Å². The molecule has 30 heavy (non-hydrogen) atoms. The first-order chi connectivity index (χ1) is 14.8. The Bertz CT molecular complexity index is 1250. The Morgan fingerprint density at radius 3 is 2.43 bits per heavy atom. The van der Waals surface area contributed by atoms with Crippen molar-refractivity contribution >= 4 is 21.6 Å². The molecule has 2 heterocycles. The first-order valence-electron chi connectivity index (χ1n) is 10.6. The third kappa shape index (κ3) is 3.75. The summed E-state index contributed by atoms with van der Waals surface area (Å²) in [4.78, 5) is 18.1. The summed E-state index contributed by atoms with van der Waals surface area (Å²) in [5.74, 6) is 0.766. The molecule has 1 aliphatic rings. The normalized spacial score (nSPS) is 14.1. The van der Waals surface area contributed by atoms with Crippen molar-refractivity contribution in [2.75, 3.05) is 0 Å². The molecule has 0 radical (unpaired) electrons. The number of benzene rings is 2. The zero-order valence-corrected chi connectivity index (χ0v) is 17.7. The fourth-order valence-electron chi connectivity index (χ4n) is 4.20. The van der Waals surface area contributed by atoms with Crippen molar-refractivity contribution in [3.63, 3.8) is 0 Å². The van der Waals surface area contributed by atoms with E-state index in [4.69, 9.17) is 4.98 Å². The van der Waals surface area contributed by atoms with Crippen LogP contribution in [0.1, 0.15) is 32.1 Å². The molecule has 0 spiro atoms. The van der Waals surface area contributed by atoms with Gasteiger partial charge < -0.3 is 0 Å². The average molecular weight is 413 g/mol. The van der Waals surface area contributed by atoms with E-state index in [-0.39, 0.29) is 5.56 Å². The maximum Gasteiger partial charge on any atom is 0.271 e. The van der Waals surface area contributed by atoms with E-state index in [2.05, 4.69) is 42.5 Å². The highest BCUT2D eigenvalue weighted by Gasteiger charge is 2.15. The number of hydrogen-bond donors (Lipinski definition) is 0. The van der Waals surface area contributed by atoms with Gasteiger partial charge in [0, 0.05) is 12.1 Å². The largest absolute Gasteiger partial charge is 0.291 e. The highest BCUT2D eigenvalue weighted by Crippen LogP contribution is 2.27. The fourth-order valence-corrected chi connectivity index (χ4v) is 4.98. The van der Waals surface area contributed by atoms with Gasteiger partial charge in [-0.05, 0) is 54.7 Å². The number of hydrogen-bond acceptors (Lipinski definition) is 3. The van der Waals surface area contributed by atoms with E-state index in [1.54, 1.807) is 0 Å². The molecule has 0 aliphatic heterocycles. The van der Waals surface area contributed by atoms with E-state index in [1.165, 1.54) is 41.7 Å². The Labute approximate surface area is 180 Å².